The van der Waals surface area contributed by atoms with E-state index in [4.69, 9.17) is 0 Å². The van der Waals surface area contributed by atoms with Crippen LogP contribution in [0.15, 0.2) is 42.5 Å². The lowest BCUT2D eigenvalue weighted by Crippen LogP contribution is -2.43. The van der Waals surface area contributed by atoms with Crippen molar-refractivity contribution in [2.75, 3.05) is 29.9 Å². The SMILES string of the molecule is Cc1cc(C(=O)N2CCCC2C(=O)Nc2ccc(N3CCNC3=O)cc2)ccc1[N+](=O)[O-]. The summed E-state index contributed by atoms with van der Waals surface area (Å²) in [7, 11) is 0. The fourth-order valence-corrected chi connectivity index (χ4v) is 4.11. The first-order valence-electron chi connectivity index (χ1n) is 10.4. The molecule has 0 bridgehead atoms. The second kappa shape index (κ2) is 8.66. The van der Waals surface area contributed by atoms with Gasteiger partial charge in [0.2, 0.25) is 5.91 Å². The molecule has 0 saturated carbocycles. The molecule has 0 spiro atoms. The average molecular weight is 437 g/mol. The summed E-state index contributed by atoms with van der Waals surface area (Å²) in [6.45, 7) is 3.21. The fraction of sp³-hybridized carbons (Fsp3) is 0.318. The van der Waals surface area contributed by atoms with E-state index in [0.29, 0.717) is 49.3 Å². The fourth-order valence-electron chi connectivity index (χ4n) is 4.11. The molecule has 2 aromatic rings. The molecule has 2 saturated heterocycles. The van der Waals surface area contributed by atoms with Crippen molar-refractivity contribution in [1.82, 2.24) is 10.2 Å². The molecule has 2 aliphatic heterocycles. The molecule has 2 fully saturated rings. The van der Waals surface area contributed by atoms with Crippen molar-refractivity contribution in [3.8, 4) is 0 Å². The first-order valence-corrected chi connectivity index (χ1v) is 10.4. The van der Waals surface area contributed by atoms with E-state index >= 15 is 0 Å². The van der Waals surface area contributed by atoms with Crippen molar-refractivity contribution in [3.05, 3.63) is 63.7 Å². The largest absolute Gasteiger partial charge is 0.336 e. The van der Waals surface area contributed by atoms with Gasteiger partial charge in [-0.25, -0.2) is 4.79 Å². The topological polar surface area (TPSA) is 125 Å². The molecule has 4 amide bonds. The number of nitrogens with zero attached hydrogens (tertiary/aromatic N) is 3. The van der Waals surface area contributed by atoms with Crippen LogP contribution in [0.3, 0.4) is 0 Å². The number of hydrogen-bond donors (Lipinski definition) is 2. The van der Waals surface area contributed by atoms with E-state index in [9.17, 15) is 24.5 Å². The van der Waals surface area contributed by atoms with E-state index in [1.807, 2.05) is 0 Å². The molecule has 2 heterocycles. The third-order valence-corrected chi connectivity index (χ3v) is 5.76. The maximum atomic E-state index is 13.0. The summed E-state index contributed by atoms with van der Waals surface area (Å²) in [6.07, 6.45) is 1.23. The second-order valence-corrected chi connectivity index (χ2v) is 7.83. The quantitative estimate of drug-likeness (QED) is 0.550. The molecular formula is C22H23N5O5. The number of benzene rings is 2. The summed E-state index contributed by atoms with van der Waals surface area (Å²) in [6, 6.07) is 10.4. The molecule has 4 rings (SSSR count). The molecule has 2 aliphatic rings. The lowest BCUT2D eigenvalue weighted by molar-refractivity contribution is -0.385. The summed E-state index contributed by atoms with van der Waals surface area (Å²) < 4.78 is 0. The highest BCUT2D eigenvalue weighted by atomic mass is 16.6. The lowest BCUT2D eigenvalue weighted by atomic mass is 10.1. The van der Waals surface area contributed by atoms with Gasteiger partial charge in [-0.05, 0) is 56.2 Å². The molecule has 166 valence electrons. The van der Waals surface area contributed by atoms with Crippen LogP contribution >= 0.6 is 0 Å². The van der Waals surface area contributed by atoms with Crippen LogP contribution in [-0.2, 0) is 4.79 Å². The first-order chi connectivity index (χ1) is 15.3. The summed E-state index contributed by atoms with van der Waals surface area (Å²) in [5, 5.41) is 16.6. The Bertz CT molecular complexity index is 1080. The van der Waals surface area contributed by atoms with Gasteiger partial charge < -0.3 is 15.5 Å². The number of anilines is 2. The Balaban J connectivity index is 1.44. The van der Waals surface area contributed by atoms with Crippen molar-refractivity contribution in [3.63, 3.8) is 0 Å². The molecule has 0 aromatic heterocycles. The van der Waals surface area contributed by atoms with Gasteiger partial charge in [0.15, 0.2) is 0 Å². The highest BCUT2D eigenvalue weighted by Crippen LogP contribution is 2.25. The summed E-state index contributed by atoms with van der Waals surface area (Å²) in [5.74, 6) is -0.614. The van der Waals surface area contributed by atoms with E-state index in [1.54, 1.807) is 36.1 Å². The van der Waals surface area contributed by atoms with E-state index in [-0.39, 0.29) is 23.5 Å². The first kappa shape index (κ1) is 21.3. The molecule has 10 heteroatoms. The van der Waals surface area contributed by atoms with Crippen LogP contribution < -0.4 is 15.5 Å². The predicted octanol–water partition coefficient (Wildman–Crippen LogP) is 2.68. The number of likely N-dealkylation sites (tertiary alicyclic amines) is 1. The monoisotopic (exact) mass is 437 g/mol. The Labute approximate surface area is 184 Å². The molecule has 0 radical (unpaired) electrons. The number of amides is 4. The summed E-state index contributed by atoms with van der Waals surface area (Å²) >= 11 is 0. The molecule has 10 nitrogen and oxygen atoms in total. The van der Waals surface area contributed by atoms with E-state index < -0.39 is 11.0 Å². The van der Waals surface area contributed by atoms with Gasteiger partial charge in [-0.15, -0.1) is 0 Å². The standard InChI is InChI=1S/C22H23N5O5/c1-14-13-15(4-9-18(14)27(31)32)21(29)26-11-2-3-19(26)20(28)24-16-5-7-17(8-6-16)25-12-10-23-22(25)30/h4-9,13,19H,2-3,10-12H2,1H3,(H,23,30)(H,24,28). The number of nitrogens with one attached hydrogen (secondary N) is 2. The minimum Gasteiger partial charge on any atom is -0.336 e. The Morgan fingerprint density at radius 3 is 2.53 bits per heavy atom. The average Bonchev–Trinajstić information content (AvgIpc) is 3.42. The molecule has 0 aliphatic carbocycles. The third-order valence-electron chi connectivity index (χ3n) is 5.76. The molecule has 32 heavy (non-hydrogen) atoms. The van der Waals surface area contributed by atoms with Gasteiger partial charge in [-0.2, -0.15) is 0 Å². The number of rotatable bonds is 5. The zero-order chi connectivity index (χ0) is 22.8. The zero-order valence-electron chi connectivity index (χ0n) is 17.5. The van der Waals surface area contributed by atoms with Gasteiger partial charge in [0, 0.05) is 48.2 Å². The number of nitro benzene ring substituents is 1. The minimum absolute atomic E-state index is 0.0490. The smallest absolute Gasteiger partial charge is 0.321 e. The molecule has 2 N–H and O–H groups in total. The number of carbonyl (C=O) groups excluding carboxylic acids is 3. The Hall–Kier alpha value is -3.95. The molecule has 1 unspecified atom stereocenters. The van der Waals surface area contributed by atoms with Gasteiger partial charge in [0.25, 0.3) is 11.6 Å². The second-order valence-electron chi connectivity index (χ2n) is 7.83. The Morgan fingerprint density at radius 1 is 1.16 bits per heavy atom. The number of nitro groups is 1. The van der Waals surface area contributed by atoms with Crippen molar-refractivity contribution in [1.29, 1.82) is 0 Å². The Morgan fingerprint density at radius 2 is 1.91 bits per heavy atom. The summed E-state index contributed by atoms with van der Waals surface area (Å²) in [4.78, 5) is 51.3. The Kier molecular flexibility index (Phi) is 5.76. The summed E-state index contributed by atoms with van der Waals surface area (Å²) in [5.41, 5.74) is 1.98. The highest BCUT2D eigenvalue weighted by molar-refractivity contribution is 6.02. The lowest BCUT2D eigenvalue weighted by Gasteiger charge is -2.24. The van der Waals surface area contributed by atoms with E-state index in [1.165, 1.54) is 23.1 Å². The van der Waals surface area contributed by atoms with E-state index in [0.717, 1.165) is 5.69 Å². The predicted molar refractivity (Wildman–Crippen MR) is 118 cm³/mol. The van der Waals surface area contributed by atoms with Gasteiger partial charge in [-0.3, -0.25) is 24.6 Å². The zero-order valence-corrected chi connectivity index (χ0v) is 17.5. The minimum atomic E-state index is -0.623. The number of carbonyl (C=O) groups is 3. The van der Waals surface area contributed by atoms with Crippen LogP contribution in [0.2, 0.25) is 0 Å². The molecule has 2 aromatic carbocycles. The van der Waals surface area contributed by atoms with Gasteiger partial charge in [0.05, 0.1) is 4.92 Å². The maximum Gasteiger partial charge on any atom is 0.321 e. The van der Waals surface area contributed by atoms with Crippen LogP contribution in [0.25, 0.3) is 0 Å². The number of urea groups is 1. The third kappa shape index (κ3) is 4.11. The van der Waals surface area contributed by atoms with Crippen molar-refractivity contribution >= 4 is 34.9 Å². The van der Waals surface area contributed by atoms with Crippen molar-refractivity contribution in [2.24, 2.45) is 0 Å². The molecule has 1 atom stereocenters. The van der Waals surface area contributed by atoms with Crippen LogP contribution in [0.4, 0.5) is 21.9 Å². The van der Waals surface area contributed by atoms with Crippen LogP contribution in [0.1, 0.15) is 28.8 Å². The van der Waals surface area contributed by atoms with Crippen LogP contribution in [0, 0.1) is 17.0 Å². The highest BCUT2D eigenvalue weighted by Gasteiger charge is 2.35. The van der Waals surface area contributed by atoms with Crippen molar-refractivity contribution < 1.29 is 19.3 Å². The van der Waals surface area contributed by atoms with Gasteiger partial charge in [0.1, 0.15) is 6.04 Å². The number of aryl methyl sites for hydroxylation is 1. The van der Waals surface area contributed by atoms with Crippen LogP contribution in [-0.4, -0.2) is 53.3 Å². The normalized spacial score (nSPS) is 17.9. The number of hydrogen-bond acceptors (Lipinski definition) is 5. The van der Waals surface area contributed by atoms with Crippen molar-refractivity contribution in [2.45, 2.75) is 25.8 Å². The van der Waals surface area contributed by atoms with E-state index in [2.05, 4.69) is 10.6 Å². The van der Waals surface area contributed by atoms with Gasteiger partial charge in [-0.1, -0.05) is 0 Å². The molecular weight excluding hydrogens is 414 g/mol. The maximum absolute atomic E-state index is 13.0. The van der Waals surface area contributed by atoms with Gasteiger partial charge >= 0.3 is 6.03 Å². The van der Waals surface area contributed by atoms with Crippen LogP contribution in [0.5, 0.6) is 0 Å².